The molecule has 0 unspecified atom stereocenters. The standard InChI is InChI=1S/C19H18O2/c20-19(16-7-6-13-3-1-4-14(13)11-16)17-8-9-18-15(12-17)5-2-10-21-18/h6-9,11-12H,1-5,10H2. The minimum absolute atomic E-state index is 0.123. The van der Waals surface area contributed by atoms with Crippen LogP contribution >= 0.6 is 0 Å². The Balaban J connectivity index is 1.68. The van der Waals surface area contributed by atoms with E-state index in [1.54, 1.807) is 0 Å². The number of carbonyl (C=O) groups is 1. The quantitative estimate of drug-likeness (QED) is 0.782. The van der Waals surface area contributed by atoms with Crippen LogP contribution in [-0.2, 0) is 19.3 Å². The van der Waals surface area contributed by atoms with Gasteiger partial charge >= 0.3 is 0 Å². The lowest BCUT2D eigenvalue weighted by molar-refractivity contribution is 0.103. The van der Waals surface area contributed by atoms with Gasteiger partial charge in [0.2, 0.25) is 0 Å². The Morgan fingerprint density at radius 2 is 1.52 bits per heavy atom. The molecule has 0 N–H and O–H groups in total. The van der Waals surface area contributed by atoms with Crippen LogP contribution in [0.25, 0.3) is 0 Å². The molecule has 2 aromatic rings. The Hall–Kier alpha value is -2.09. The molecule has 1 aliphatic carbocycles. The van der Waals surface area contributed by atoms with E-state index in [9.17, 15) is 4.79 Å². The van der Waals surface area contributed by atoms with Crippen LogP contribution < -0.4 is 4.74 Å². The molecule has 0 amide bonds. The Kier molecular flexibility index (Phi) is 3.03. The van der Waals surface area contributed by atoms with Crippen molar-refractivity contribution in [2.45, 2.75) is 32.1 Å². The van der Waals surface area contributed by atoms with E-state index in [1.807, 2.05) is 24.3 Å². The molecule has 0 saturated heterocycles. The summed E-state index contributed by atoms with van der Waals surface area (Å²) in [7, 11) is 0. The van der Waals surface area contributed by atoms with Crippen LogP contribution in [0.4, 0.5) is 0 Å². The summed E-state index contributed by atoms with van der Waals surface area (Å²) in [5.41, 5.74) is 5.50. The van der Waals surface area contributed by atoms with Crippen LogP contribution in [-0.4, -0.2) is 12.4 Å². The average molecular weight is 278 g/mol. The maximum atomic E-state index is 12.7. The highest BCUT2D eigenvalue weighted by Crippen LogP contribution is 2.28. The Labute approximate surface area is 124 Å². The van der Waals surface area contributed by atoms with E-state index in [-0.39, 0.29) is 5.78 Å². The minimum Gasteiger partial charge on any atom is -0.493 e. The Morgan fingerprint density at radius 3 is 2.43 bits per heavy atom. The summed E-state index contributed by atoms with van der Waals surface area (Å²) in [6, 6.07) is 12.0. The highest BCUT2D eigenvalue weighted by Gasteiger charge is 2.17. The van der Waals surface area contributed by atoms with E-state index in [0.29, 0.717) is 0 Å². The summed E-state index contributed by atoms with van der Waals surface area (Å²) in [4.78, 5) is 12.7. The topological polar surface area (TPSA) is 26.3 Å². The molecule has 4 rings (SSSR count). The normalized spacial score (nSPS) is 16.0. The fraction of sp³-hybridized carbons (Fsp3) is 0.316. The molecule has 0 radical (unpaired) electrons. The predicted octanol–water partition coefficient (Wildman–Crippen LogP) is 3.73. The van der Waals surface area contributed by atoms with Gasteiger partial charge in [-0.2, -0.15) is 0 Å². The largest absolute Gasteiger partial charge is 0.493 e. The van der Waals surface area contributed by atoms with Gasteiger partial charge in [0, 0.05) is 11.1 Å². The first-order valence-corrected chi connectivity index (χ1v) is 7.73. The third-order valence-corrected chi connectivity index (χ3v) is 4.53. The van der Waals surface area contributed by atoms with Gasteiger partial charge < -0.3 is 4.74 Å². The Morgan fingerprint density at radius 1 is 0.810 bits per heavy atom. The highest BCUT2D eigenvalue weighted by molar-refractivity contribution is 6.09. The van der Waals surface area contributed by atoms with E-state index in [0.717, 1.165) is 54.7 Å². The number of rotatable bonds is 2. The van der Waals surface area contributed by atoms with E-state index in [4.69, 9.17) is 4.74 Å². The predicted molar refractivity (Wildman–Crippen MR) is 82.2 cm³/mol. The van der Waals surface area contributed by atoms with Gasteiger partial charge in [0.25, 0.3) is 0 Å². The SMILES string of the molecule is O=C(c1ccc2c(c1)CCC2)c1ccc2c(c1)CCCO2. The van der Waals surface area contributed by atoms with Crippen LogP contribution in [0, 0.1) is 0 Å². The zero-order chi connectivity index (χ0) is 14.2. The second kappa shape index (κ2) is 5.03. The molecular weight excluding hydrogens is 260 g/mol. The van der Waals surface area contributed by atoms with E-state index in [1.165, 1.54) is 17.5 Å². The summed E-state index contributed by atoms with van der Waals surface area (Å²) in [5.74, 6) is 1.06. The molecule has 2 aliphatic rings. The van der Waals surface area contributed by atoms with Gasteiger partial charge in [-0.15, -0.1) is 0 Å². The molecule has 2 heteroatoms. The summed E-state index contributed by atoms with van der Waals surface area (Å²) in [5, 5.41) is 0. The summed E-state index contributed by atoms with van der Waals surface area (Å²) >= 11 is 0. The van der Waals surface area contributed by atoms with Crippen molar-refractivity contribution >= 4 is 5.78 Å². The lowest BCUT2D eigenvalue weighted by Crippen LogP contribution is -2.10. The van der Waals surface area contributed by atoms with Gasteiger partial charge in [-0.25, -0.2) is 0 Å². The molecule has 0 spiro atoms. The van der Waals surface area contributed by atoms with Crippen molar-refractivity contribution in [2.24, 2.45) is 0 Å². The van der Waals surface area contributed by atoms with Crippen LogP contribution in [0.1, 0.15) is 45.5 Å². The summed E-state index contributed by atoms with van der Waals surface area (Å²) in [6.07, 6.45) is 5.50. The van der Waals surface area contributed by atoms with Crippen molar-refractivity contribution in [3.63, 3.8) is 0 Å². The monoisotopic (exact) mass is 278 g/mol. The zero-order valence-electron chi connectivity index (χ0n) is 12.0. The van der Waals surface area contributed by atoms with Crippen molar-refractivity contribution < 1.29 is 9.53 Å². The highest BCUT2D eigenvalue weighted by atomic mass is 16.5. The third kappa shape index (κ3) is 2.25. The number of ether oxygens (including phenoxy) is 1. The fourth-order valence-corrected chi connectivity index (χ4v) is 3.38. The molecule has 106 valence electrons. The van der Waals surface area contributed by atoms with Crippen LogP contribution in [0.15, 0.2) is 36.4 Å². The number of fused-ring (bicyclic) bond motifs is 2. The second-order valence-corrected chi connectivity index (χ2v) is 5.94. The lowest BCUT2D eigenvalue weighted by Gasteiger charge is -2.17. The number of ketones is 1. The smallest absolute Gasteiger partial charge is 0.193 e. The minimum atomic E-state index is 0.123. The third-order valence-electron chi connectivity index (χ3n) is 4.53. The van der Waals surface area contributed by atoms with Gasteiger partial charge in [0.1, 0.15) is 5.75 Å². The molecule has 1 aliphatic heterocycles. The van der Waals surface area contributed by atoms with Crippen LogP contribution in [0.5, 0.6) is 5.75 Å². The molecule has 0 fully saturated rings. The first kappa shape index (κ1) is 12.6. The van der Waals surface area contributed by atoms with E-state index >= 15 is 0 Å². The number of hydrogen-bond acceptors (Lipinski definition) is 2. The molecule has 0 bridgehead atoms. The van der Waals surface area contributed by atoms with Gasteiger partial charge in [0.05, 0.1) is 6.61 Å². The first-order valence-electron chi connectivity index (χ1n) is 7.73. The fourth-order valence-electron chi connectivity index (χ4n) is 3.38. The molecule has 21 heavy (non-hydrogen) atoms. The van der Waals surface area contributed by atoms with Crippen molar-refractivity contribution in [1.29, 1.82) is 0 Å². The van der Waals surface area contributed by atoms with Crippen LogP contribution in [0.3, 0.4) is 0 Å². The number of benzene rings is 2. The van der Waals surface area contributed by atoms with Crippen molar-refractivity contribution in [3.05, 3.63) is 64.2 Å². The molecule has 0 saturated carbocycles. The zero-order valence-corrected chi connectivity index (χ0v) is 12.0. The van der Waals surface area contributed by atoms with Gasteiger partial charge in [-0.1, -0.05) is 12.1 Å². The van der Waals surface area contributed by atoms with Crippen molar-refractivity contribution in [1.82, 2.24) is 0 Å². The number of hydrogen-bond donors (Lipinski definition) is 0. The lowest BCUT2D eigenvalue weighted by atomic mass is 9.96. The molecule has 0 aromatic heterocycles. The molecule has 0 atom stereocenters. The van der Waals surface area contributed by atoms with E-state index < -0.39 is 0 Å². The van der Waals surface area contributed by atoms with Gasteiger partial charge in [-0.3, -0.25) is 4.79 Å². The van der Waals surface area contributed by atoms with E-state index in [2.05, 4.69) is 12.1 Å². The molecule has 1 heterocycles. The Bertz CT molecular complexity index is 716. The average Bonchev–Trinajstić information content (AvgIpc) is 3.01. The van der Waals surface area contributed by atoms with Crippen LogP contribution in [0.2, 0.25) is 0 Å². The molecular formula is C19H18O2. The second-order valence-electron chi connectivity index (χ2n) is 5.94. The summed E-state index contributed by atoms with van der Waals surface area (Å²) < 4.78 is 5.61. The maximum Gasteiger partial charge on any atom is 0.193 e. The van der Waals surface area contributed by atoms with Crippen molar-refractivity contribution in [2.75, 3.05) is 6.61 Å². The molecule has 2 nitrogen and oxygen atoms in total. The van der Waals surface area contributed by atoms with Crippen molar-refractivity contribution in [3.8, 4) is 5.75 Å². The number of aryl methyl sites for hydroxylation is 3. The first-order chi connectivity index (χ1) is 10.3. The maximum absolute atomic E-state index is 12.7. The van der Waals surface area contributed by atoms with Gasteiger partial charge in [-0.05, 0) is 73.1 Å². The summed E-state index contributed by atoms with van der Waals surface area (Å²) in [6.45, 7) is 0.783. The van der Waals surface area contributed by atoms with Gasteiger partial charge in [0.15, 0.2) is 5.78 Å². The molecule has 2 aromatic carbocycles. The number of carbonyl (C=O) groups excluding carboxylic acids is 1.